The molecule has 22 heavy (non-hydrogen) atoms. The summed E-state index contributed by atoms with van der Waals surface area (Å²) in [7, 11) is 0. The number of carbonyl (C=O) groups is 1. The molecule has 1 saturated carbocycles. The standard InChI is InChI=1S/C15H24N6O/c22-15(17-11-5-8-20(9-11)12-1-2-12)14-10-21(19-18-14)13-3-6-16-7-4-13/h10-13,16H,1-9H2,(H,17,22). The predicted octanol–water partition coefficient (Wildman–Crippen LogP) is 0.169. The first-order chi connectivity index (χ1) is 10.8. The molecule has 7 nitrogen and oxygen atoms in total. The highest BCUT2D eigenvalue weighted by atomic mass is 16.2. The van der Waals surface area contributed by atoms with Crippen molar-refractivity contribution >= 4 is 5.91 Å². The molecule has 4 rings (SSSR count). The largest absolute Gasteiger partial charge is 0.347 e. The Bertz CT molecular complexity index is 534. The molecule has 3 heterocycles. The van der Waals surface area contributed by atoms with Crippen LogP contribution in [0.4, 0.5) is 0 Å². The molecule has 2 aliphatic heterocycles. The van der Waals surface area contributed by atoms with Crippen LogP contribution in [0.15, 0.2) is 6.20 Å². The summed E-state index contributed by atoms with van der Waals surface area (Å²) in [5.41, 5.74) is 0.448. The Balaban J connectivity index is 1.33. The zero-order valence-corrected chi connectivity index (χ0v) is 12.9. The van der Waals surface area contributed by atoms with Crippen LogP contribution >= 0.6 is 0 Å². The first kappa shape index (κ1) is 14.1. The molecule has 2 N–H and O–H groups in total. The minimum Gasteiger partial charge on any atom is -0.347 e. The summed E-state index contributed by atoms with van der Waals surface area (Å²) < 4.78 is 1.86. The molecular formula is C15H24N6O. The van der Waals surface area contributed by atoms with Gasteiger partial charge in [0.1, 0.15) is 0 Å². The number of nitrogens with one attached hydrogen (secondary N) is 2. The molecular weight excluding hydrogens is 280 g/mol. The molecule has 0 bridgehead atoms. The van der Waals surface area contributed by atoms with E-state index < -0.39 is 0 Å². The topological polar surface area (TPSA) is 75.1 Å². The van der Waals surface area contributed by atoms with E-state index in [1.807, 2.05) is 4.68 Å². The van der Waals surface area contributed by atoms with E-state index in [2.05, 4.69) is 25.8 Å². The van der Waals surface area contributed by atoms with Crippen LogP contribution in [0.5, 0.6) is 0 Å². The van der Waals surface area contributed by atoms with Crippen LogP contribution in [0.25, 0.3) is 0 Å². The summed E-state index contributed by atoms with van der Waals surface area (Å²) in [6.45, 7) is 4.10. The summed E-state index contributed by atoms with van der Waals surface area (Å²) in [6, 6.07) is 1.41. The van der Waals surface area contributed by atoms with E-state index in [0.717, 1.165) is 51.5 Å². The van der Waals surface area contributed by atoms with Gasteiger partial charge in [-0.05, 0) is 45.2 Å². The van der Waals surface area contributed by atoms with Crippen LogP contribution in [-0.4, -0.2) is 64.1 Å². The number of carbonyl (C=O) groups excluding carboxylic acids is 1. The Morgan fingerprint density at radius 1 is 1.18 bits per heavy atom. The van der Waals surface area contributed by atoms with Gasteiger partial charge in [0.2, 0.25) is 0 Å². The Hall–Kier alpha value is -1.47. The van der Waals surface area contributed by atoms with E-state index in [1.54, 1.807) is 6.20 Å². The Morgan fingerprint density at radius 3 is 2.77 bits per heavy atom. The molecule has 1 amide bonds. The smallest absolute Gasteiger partial charge is 0.273 e. The first-order valence-electron chi connectivity index (χ1n) is 8.47. The second kappa shape index (κ2) is 5.96. The zero-order chi connectivity index (χ0) is 14.9. The Morgan fingerprint density at radius 2 is 2.00 bits per heavy atom. The van der Waals surface area contributed by atoms with Crippen molar-refractivity contribution in [2.75, 3.05) is 26.2 Å². The maximum atomic E-state index is 12.3. The molecule has 3 fully saturated rings. The molecule has 7 heteroatoms. The summed E-state index contributed by atoms with van der Waals surface area (Å²) in [5.74, 6) is -0.0807. The number of nitrogens with zero attached hydrogens (tertiary/aromatic N) is 4. The van der Waals surface area contributed by atoms with Gasteiger partial charge in [0.15, 0.2) is 5.69 Å². The monoisotopic (exact) mass is 304 g/mol. The van der Waals surface area contributed by atoms with E-state index in [-0.39, 0.29) is 11.9 Å². The average molecular weight is 304 g/mol. The second-order valence-electron chi connectivity index (χ2n) is 6.75. The molecule has 1 aromatic heterocycles. The van der Waals surface area contributed by atoms with Crippen LogP contribution in [0.3, 0.4) is 0 Å². The summed E-state index contributed by atoms with van der Waals surface area (Å²) in [5, 5.41) is 14.7. The van der Waals surface area contributed by atoms with Crippen LogP contribution in [0.1, 0.15) is 48.6 Å². The number of rotatable bonds is 4. The van der Waals surface area contributed by atoms with Crippen molar-refractivity contribution in [3.8, 4) is 0 Å². The van der Waals surface area contributed by atoms with Gasteiger partial charge < -0.3 is 10.6 Å². The van der Waals surface area contributed by atoms with Crippen molar-refractivity contribution in [2.45, 2.75) is 50.2 Å². The molecule has 120 valence electrons. The fourth-order valence-electron chi connectivity index (χ4n) is 3.57. The van der Waals surface area contributed by atoms with E-state index >= 15 is 0 Å². The first-order valence-corrected chi connectivity index (χ1v) is 8.47. The van der Waals surface area contributed by atoms with Crippen molar-refractivity contribution < 1.29 is 4.79 Å². The molecule has 2 saturated heterocycles. The third-order valence-electron chi connectivity index (χ3n) is 5.04. The molecule has 1 atom stereocenters. The van der Waals surface area contributed by atoms with Crippen molar-refractivity contribution in [3.05, 3.63) is 11.9 Å². The van der Waals surface area contributed by atoms with Gasteiger partial charge in [-0.15, -0.1) is 5.10 Å². The lowest BCUT2D eigenvalue weighted by molar-refractivity contribution is 0.0932. The second-order valence-corrected chi connectivity index (χ2v) is 6.75. The molecule has 1 unspecified atom stereocenters. The van der Waals surface area contributed by atoms with Crippen molar-refractivity contribution in [2.24, 2.45) is 0 Å². The van der Waals surface area contributed by atoms with E-state index in [4.69, 9.17) is 0 Å². The van der Waals surface area contributed by atoms with Gasteiger partial charge >= 0.3 is 0 Å². The van der Waals surface area contributed by atoms with Gasteiger partial charge in [0, 0.05) is 25.2 Å². The Kier molecular flexibility index (Phi) is 3.83. The predicted molar refractivity (Wildman–Crippen MR) is 81.6 cm³/mol. The lowest BCUT2D eigenvalue weighted by Crippen LogP contribution is -2.37. The molecule has 1 aliphatic carbocycles. The minimum atomic E-state index is -0.0807. The van der Waals surface area contributed by atoms with Gasteiger partial charge in [-0.3, -0.25) is 9.69 Å². The maximum absolute atomic E-state index is 12.3. The fourth-order valence-corrected chi connectivity index (χ4v) is 3.57. The van der Waals surface area contributed by atoms with E-state index in [0.29, 0.717) is 11.7 Å². The molecule has 3 aliphatic rings. The number of aromatic nitrogens is 3. The van der Waals surface area contributed by atoms with Gasteiger partial charge in [-0.25, -0.2) is 4.68 Å². The zero-order valence-electron chi connectivity index (χ0n) is 12.9. The van der Waals surface area contributed by atoms with Crippen LogP contribution < -0.4 is 10.6 Å². The third kappa shape index (κ3) is 3.01. The van der Waals surface area contributed by atoms with E-state index in [9.17, 15) is 4.79 Å². The number of likely N-dealkylation sites (tertiary alicyclic amines) is 1. The lowest BCUT2D eigenvalue weighted by atomic mass is 10.1. The van der Waals surface area contributed by atoms with Crippen molar-refractivity contribution in [3.63, 3.8) is 0 Å². The molecule has 1 aromatic rings. The number of amides is 1. The van der Waals surface area contributed by atoms with Crippen molar-refractivity contribution in [1.29, 1.82) is 0 Å². The van der Waals surface area contributed by atoms with Crippen LogP contribution in [0.2, 0.25) is 0 Å². The maximum Gasteiger partial charge on any atom is 0.273 e. The molecule has 0 spiro atoms. The average Bonchev–Trinajstić information content (AvgIpc) is 3.10. The Labute approximate surface area is 130 Å². The summed E-state index contributed by atoms with van der Waals surface area (Å²) >= 11 is 0. The fraction of sp³-hybridized carbons (Fsp3) is 0.800. The highest BCUT2D eigenvalue weighted by molar-refractivity contribution is 5.92. The summed E-state index contributed by atoms with van der Waals surface area (Å²) in [4.78, 5) is 14.8. The number of hydrogen-bond acceptors (Lipinski definition) is 5. The molecule has 0 aromatic carbocycles. The number of hydrogen-bond donors (Lipinski definition) is 2. The molecule has 0 radical (unpaired) electrons. The van der Waals surface area contributed by atoms with Crippen molar-refractivity contribution in [1.82, 2.24) is 30.5 Å². The lowest BCUT2D eigenvalue weighted by Gasteiger charge is -2.22. The normalized spacial score (nSPS) is 27.2. The van der Waals surface area contributed by atoms with E-state index in [1.165, 1.54) is 12.8 Å². The van der Waals surface area contributed by atoms with Gasteiger partial charge in [-0.2, -0.15) is 0 Å². The highest BCUT2D eigenvalue weighted by Gasteiger charge is 2.35. The SMILES string of the molecule is O=C(NC1CCN(C2CC2)C1)c1cn(C2CCNCC2)nn1. The summed E-state index contributed by atoms with van der Waals surface area (Å²) in [6.07, 6.45) is 7.59. The van der Waals surface area contributed by atoms with Gasteiger partial charge in [0.05, 0.1) is 12.2 Å². The quantitative estimate of drug-likeness (QED) is 0.829. The third-order valence-corrected chi connectivity index (χ3v) is 5.04. The highest BCUT2D eigenvalue weighted by Crippen LogP contribution is 2.29. The van der Waals surface area contributed by atoms with Gasteiger partial charge in [-0.1, -0.05) is 5.21 Å². The van der Waals surface area contributed by atoms with Crippen LogP contribution in [0, 0.1) is 0 Å². The van der Waals surface area contributed by atoms with Gasteiger partial charge in [0.25, 0.3) is 5.91 Å². The number of piperidine rings is 1. The minimum absolute atomic E-state index is 0.0807. The van der Waals surface area contributed by atoms with Crippen LogP contribution in [-0.2, 0) is 0 Å².